The molecule has 0 saturated heterocycles. The normalized spacial score (nSPS) is 11.6. The molecule has 0 aliphatic heterocycles. The average molecular weight is 402 g/mol. The minimum Gasteiger partial charge on any atom is -0.494 e. The van der Waals surface area contributed by atoms with Crippen molar-refractivity contribution in [1.29, 1.82) is 0 Å². The monoisotopic (exact) mass is 401 g/mol. The van der Waals surface area contributed by atoms with Gasteiger partial charge < -0.3 is 10.1 Å². The lowest BCUT2D eigenvalue weighted by Gasteiger charge is -2.24. The molecule has 1 N–H and O–H groups in total. The van der Waals surface area contributed by atoms with Crippen LogP contribution in [0.25, 0.3) is 10.9 Å². The number of hydrogen-bond acceptors (Lipinski definition) is 3. The van der Waals surface area contributed by atoms with Gasteiger partial charge in [0.15, 0.2) is 0 Å². The molecular weight excluding hydrogens is 378 g/mol. The van der Waals surface area contributed by atoms with E-state index in [1.54, 1.807) is 51.8 Å². The number of benzene rings is 2. The molecular formula is C21H24ClN3O3. The fourth-order valence-corrected chi connectivity index (χ4v) is 3.36. The van der Waals surface area contributed by atoms with E-state index in [0.717, 1.165) is 5.75 Å². The van der Waals surface area contributed by atoms with Gasteiger partial charge in [0.05, 0.1) is 23.0 Å². The van der Waals surface area contributed by atoms with Crippen LogP contribution < -0.4 is 15.6 Å². The highest BCUT2D eigenvalue weighted by molar-refractivity contribution is 6.31. The minimum atomic E-state index is -0.498. The molecule has 0 unspecified atom stereocenters. The summed E-state index contributed by atoms with van der Waals surface area (Å²) in [7, 11) is 0. The van der Waals surface area contributed by atoms with E-state index in [2.05, 4.69) is 5.32 Å². The standard InChI is InChI=1S/C21H24ClN3O3/c1-5-28-16-9-7-15(8-10-16)23-19(26)13-24-18-12-14(22)6-11-17(18)20(27)25(24)21(2,3)4/h6-12H,5,13H2,1-4H3,(H,23,26). The second kappa shape index (κ2) is 7.72. The zero-order chi connectivity index (χ0) is 20.5. The topological polar surface area (TPSA) is 65.3 Å². The molecule has 0 bridgehead atoms. The lowest BCUT2D eigenvalue weighted by atomic mass is 10.1. The first kappa shape index (κ1) is 20.0. The molecule has 2 aromatic carbocycles. The first-order valence-corrected chi connectivity index (χ1v) is 9.53. The Bertz CT molecular complexity index is 1060. The summed E-state index contributed by atoms with van der Waals surface area (Å²) in [5.74, 6) is 0.507. The van der Waals surface area contributed by atoms with E-state index in [1.807, 2.05) is 27.7 Å². The summed E-state index contributed by atoms with van der Waals surface area (Å²) >= 11 is 6.14. The molecule has 1 amide bonds. The van der Waals surface area contributed by atoms with Crippen molar-refractivity contribution in [1.82, 2.24) is 9.36 Å². The van der Waals surface area contributed by atoms with Gasteiger partial charge in [0.25, 0.3) is 5.56 Å². The van der Waals surface area contributed by atoms with Gasteiger partial charge in [-0.3, -0.25) is 14.3 Å². The third-order valence-electron chi connectivity index (χ3n) is 4.28. The van der Waals surface area contributed by atoms with Crippen molar-refractivity contribution >= 4 is 34.1 Å². The molecule has 0 spiro atoms. The molecule has 28 heavy (non-hydrogen) atoms. The number of rotatable bonds is 5. The molecule has 148 valence electrons. The molecule has 0 fully saturated rings. The summed E-state index contributed by atoms with van der Waals surface area (Å²) in [6.45, 7) is 8.27. The summed E-state index contributed by atoms with van der Waals surface area (Å²) < 4.78 is 8.70. The van der Waals surface area contributed by atoms with Crippen LogP contribution in [0, 0.1) is 0 Å². The Morgan fingerprint density at radius 1 is 1.14 bits per heavy atom. The second-order valence-electron chi connectivity index (χ2n) is 7.51. The zero-order valence-electron chi connectivity index (χ0n) is 16.5. The number of hydrogen-bond donors (Lipinski definition) is 1. The van der Waals surface area contributed by atoms with Crippen LogP contribution in [0.4, 0.5) is 5.69 Å². The van der Waals surface area contributed by atoms with Crippen LogP contribution in [0.15, 0.2) is 47.3 Å². The molecule has 1 heterocycles. The number of fused-ring (bicyclic) bond motifs is 1. The smallest absolute Gasteiger partial charge is 0.275 e. The van der Waals surface area contributed by atoms with Crippen molar-refractivity contribution in [2.75, 3.05) is 11.9 Å². The third kappa shape index (κ3) is 4.07. The van der Waals surface area contributed by atoms with Crippen LogP contribution in [0.2, 0.25) is 5.02 Å². The predicted octanol–water partition coefficient (Wildman–Crippen LogP) is 4.25. The van der Waals surface area contributed by atoms with E-state index in [1.165, 1.54) is 0 Å². The van der Waals surface area contributed by atoms with Crippen LogP contribution in [-0.2, 0) is 16.9 Å². The van der Waals surface area contributed by atoms with Gasteiger partial charge >= 0.3 is 0 Å². The van der Waals surface area contributed by atoms with Crippen molar-refractivity contribution in [2.45, 2.75) is 39.8 Å². The zero-order valence-corrected chi connectivity index (χ0v) is 17.2. The fourth-order valence-electron chi connectivity index (χ4n) is 3.19. The number of carbonyl (C=O) groups excluding carboxylic acids is 1. The largest absolute Gasteiger partial charge is 0.494 e. The molecule has 0 saturated carbocycles. The Morgan fingerprint density at radius 2 is 1.82 bits per heavy atom. The van der Waals surface area contributed by atoms with Crippen LogP contribution in [0.3, 0.4) is 0 Å². The van der Waals surface area contributed by atoms with Gasteiger partial charge in [-0.05, 0) is 70.2 Å². The third-order valence-corrected chi connectivity index (χ3v) is 4.52. The molecule has 3 rings (SSSR count). The highest BCUT2D eigenvalue weighted by Gasteiger charge is 2.24. The number of nitrogens with zero attached hydrogens (tertiary/aromatic N) is 2. The van der Waals surface area contributed by atoms with Gasteiger partial charge in [-0.15, -0.1) is 0 Å². The van der Waals surface area contributed by atoms with E-state index in [-0.39, 0.29) is 18.0 Å². The SMILES string of the molecule is CCOc1ccc(NC(=O)Cn2c3cc(Cl)ccc3c(=O)n2C(C)(C)C)cc1. The number of nitrogens with one attached hydrogen (secondary N) is 1. The second-order valence-corrected chi connectivity index (χ2v) is 7.95. The summed E-state index contributed by atoms with van der Waals surface area (Å²) in [5.41, 5.74) is 0.650. The van der Waals surface area contributed by atoms with Gasteiger partial charge in [0, 0.05) is 10.7 Å². The predicted molar refractivity (Wildman–Crippen MR) is 112 cm³/mol. The fraction of sp³-hybridized carbons (Fsp3) is 0.333. The van der Waals surface area contributed by atoms with Crippen molar-refractivity contribution in [2.24, 2.45) is 0 Å². The first-order chi connectivity index (χ1) is 13.2. The molecule has 7 heteroatoms. The van der Waals surface area contributed by atoms with Gasteiger partial charge in [0.1, 0.15) is 12.3 Å². The van der Waals surface area contributed by atoms with Crippen molar-refractivity contribution < 1.29 is 9.53 Å². The van der Waals surface area contributed by atoms with Gasteiger partial charge in [-0.1, -0.05) is 11.6 Å². The van der Waals surface area contributed by atoms with Crippen LogP contribution in [-0.4, -0.2) is 21.9 Å². The minimum absolute atomic E-state index is 0.0104. The lowest BCUT2D eigenvalue weighted by molar-refractivity contribution is -0.117. The molecule has 0 aliphatic carbocycles. The molecule has 6 nitrogen and oxygen atoms in total. The van der Waals surface area contributed by atoms with Gasteiger partial charge in [-0.2, -0.15) is 0 Å². The average Bonchev–Trinajstić information content (AvgIpc) is 2.88. The Balaban J connectivity index is 1.93. The van der Waals surface area contributed by atoms with Crippen molar-refractivity contribution in [3.63, 3.8) is 0 Å². The molecule has 1 aromatic heterocycles. The summed E-state index contributed by atoms with van der Waals surface area (Å²) in [6, 6.07) is 12.3. The lowest BCUT2D eigenvalue weighted by Crippen LogP contribution is -2.38. The quantitative estimate of drug-likeness (QED) is 0.695. The van der Waals surface area contributed by atoms with Crippen LogP contribution >= 0.6 is 11.6 Å². The summed E-state index contributed by atoms with van der Waals surface area (Å²) in [5, 5.41) is 3.91. The Kier molecular flexibility index (Phi) is 5.52. The molecule has 0 aliphatic rings. The maximum atomic E-state index is 12.9. The Hall–Kier alpha value is -2.73. The van der Waals surface area contributed by atoms with E-state index < -0.39 is 5.54 Å². The highest BCUT2D eigenvalue weighted by Crippen LogP contribution is 2.22. The van der Waals surface area contributed by atoms with Crippen LogP contribution in [0.5, 0.6) is 5.75 Å². The highest BCUT2D eigenvalue weighted by atomic mass is 35.5. The maximum Gasteiger partial charge on any atom is 0.275 e. The van der Waals surface area contributed by atoms with E-state index in [4.69, 9.17) is 16.3 Å². The van der Waals surface area contributed by atoms with E-state index in [0.29, 0.717) is 28.2 Å². The number of anilines is 1. The number of amides is 1. The summed E-state index contributed by atoms with van der Waals surface area (Å²) in [4.78, 5) is 25.6. The summed E-state index contributed by atoms with van der Waals surface area (Å²) in [6.07, 6.45) is 0. The van der Waals surface area contributed by atoms with Crippen LogP contribution in [0.1, 0.15) is 27.7 Å². The number of aromatic nitrogens is 2. The van der Waals surface area contributed by atoms with Crippen molar-refractivity contribution in [3.05, 3.63) is 57.8 Å². The van der Waals surface area contributed by atoms with Gasteiger partial charge in [0.2, 0.25) is 5.91 Å². The number of carbonyl (C=O) groups is 1. The van der Waals surface area contributed by atoms with Crippen molar-refractivity contribution in [3.8, 4) is 5.75 Å². The number of ether oxygens (including phenoxy) is 1. The molecule has 0 atom stereocenters. The maximum absolute atomic E-state index is 12.9. The Labute approximate surface area is 168 Å². The number of halogens is 1. The molecule has 0 radical (unpaired) electrons. The van der Waals surface area contributed by atoms with Gasteiger partial charge in [-0.25, -0.2) is 4.68 Å². The van der Waals surface area contributed by atoms with E-state index in [9.17, 15) is 9.59 Å². The molecule has 3 aromatic rings. The van der Waals surface area contributed by atoms with E-state index >= 15 is 0 Å². The Morgan fingerprint density at radius 3 is 2.43 bits per heavy atom. The first-order valence-electron chi connectivity index (χ1n) is 9.15.